The Bertz CT molecular complexity index is 707. The zero-order valence-electron chi connectivity index (χ0n) is 15.6. The lowest BCUT2D eigenvalue weighted by atomic mass is 9.92. The minimum atomic E-state index is 0.0210. The Morgan fingerprint density at radius 2 is 2.15 bits per heavy atom. The highest BCUT2D eigenvalue weighted by Crippen LogP contribution is 2.31. The SMILES string of the molecule is Cc1nc(CN2CCC[C@@]3(CC2)CN(Cc2cccnc2)CCO3)cs1. The molecule has 0 radical (unpaired) electrons. The third kappa shape index (κ3) is 4.49. The molecular weight excluding hydrogens is 344 g/mol. The van der Waals surface area contributed by atoms with E-state index in [1.165, 1.54) is 17.7 Å². The molecule has 2 fully saturated rings. The molecule has 0 N–H and O–H groups in total. The second kappa shape index (κ2) is 8.13. The Kier molecular flexibility index (Phi) is 5.64. The summed E-state index contributed by atoms with van der Waals surface area (Å²) in [5.41, 5.74) is 2.53. The Hall–Kier alpha value is -1.34. The topological polar surface area (TPSA) is 41.5 Å². The fourth-order valence-electron chi connectivity index (χ4n) is 4.20. The molecule has 0 bridgehead atoms. The van der Waals surface area contributed by atoms with Gasteiger partial charge in [-0.2, -0.15) is 0 Å². The van der Waals surface area contributed by atoms with Crippen LogP contribution >= 0.6 is 11.3 Å². The minimum absolute atomic E-state index is 0.0210. The summed E-state index contributed by atoms with van der Waals surface area (Å²) in [7, 11) is 0. The predicted molar refractivity (Wildman–Crippen MR) is 104 cm³/mol. The zero-order valence-corrected chi connectivity index (χ0v) is 16.4. The van der Waals surface area contributed by atoms with Gasteiger partial charge < -0.3 is 4.74 Å². The molecule has 2 saturated heterocycles. The van der Waals surface area contributed by atoms with Gasteiger partial charge in [0.15, 0.2) is 0 Å². The largest absolute Gasteiger partial charge is 0.372 e. The van der Waals surface area contributed by atoms with E-state index in [1.807, 2.05) is 18.5 Å². The van der Waals surface area contributed by atoms with Crippen LogP contribution < -0.4 is 0 Å². The first-order chi connectivity index (χ1) is 12.7. The summed E-state index contributed by atoms with van der Waals surface area (Å²) in [5, 5.41) is 3.36. The number of hydrogen-bond donors (Lipinski definition) is 0. The number of nitrogens with zero attached hydrogens (tertiary/aromatic N) is 4. The molecule has 2 aromatic rings. The Labute approximate surface area is 160 Å². The molecule has 2 aliphatic heterocycles. The highest BCUT2D eigenvalue weighted by molar-refractivity contribution is 7.09. The predicted octanol–water partition coefficient (Wildman–Crippen LogP) is 3.10. The number of pyridine rings is 1. The summed E-state index contributed by atoms with van der Waals surface area (Å²) >= 11 is 1.75. The maximum Gasteiger partial charge on any atom is 0.0897 e. The van der Waals surface area contributed by atoms with Crippen molar-refractivity contribution in [2.45, 2.75) is 44.9 Å². The highest BCUT2D eigenvalue weighted by Gasteiger charge is 2.38. The normalized spacial score (nSPS) is 25.4. The van der Waals surface area contributed by atoms with Crippen molar-refractivity contribution in [2.24, 2.45) is 0 Å². The number of aromatic nitrogens is 2. The summed E-state index contributed by atoms with van der Waals surface area (Å²) in [6.45, 7) is 9.15. The van der Waals surface area contributed by atoms with Gasteiger partial charge in [0.05, 0.1) is 22.9 Å². The van der Waals surface area contributed by atoms with Crippen LogP contribution in [-0.4, -0.2) is 58.2 Å². The minimum Gasteiger partial charge on any atom is -0.372 e. The van der Waals surface area contributed by atoms with E-state index in [-0.39, 0.29) is 5.60 Å². The van der Waals surface area contributed by atoms with Gasteiger partial charge in [-0.3, -0.25) is 14.8 Å². The standard InChI is InChI=1S/C20H28N4OS/c1-17-22-19(15-26-17)14-23-8-3-5-20(6-9-23)16-24(10-11-25-20)13-18-4-2-7-21-12-18/h2,4,7,12,15H,3,5-6,8-11,13-14,16H2,1H3/t20-/m1/s1. The van der Waals surface area contributed by atoms with E-state index in [0.717, 1.165) is 63.7 Å². The second-order valence-electron chi connectivity index (χ2n) is 7.59. The van der Waals surface area contributed by atoms with Gasteiger partial charge in [-0.05, 0) is 44.4 Å². The Morgan fingerprint density at radius 1 is 1.19 bits per heavy atom. The van der Waals surface area contributed by atoms with Crippen LogP contribution in [0.2, 0.25) is 0 Å². The molecule has 6 heteroatoms. The van der Waals surface area contributed by atoms with Gasteiger partial charge in [0.2, 0.25) is 0 Å². The van der Waals surface area contributed by atoms with Crippen molar-refractivity contribution in [3.63, 3.8) is 0 Å². The molecule has 4 rings (SSSR count). The van der Waals surface area contributed by atoms with Crippen LogP contribution in [-0.2, 0) is 17.8 Å². The number of likely N-dealkylation sites (tertiary alicyclic amines) is 1. The molecule has 2 aliphatic rings. The van der Waals surface area contributed by atoms with Crippen LogP contribution in [0.4, 0.5) is 0 Å². The number of thiazole rings is 1. The molecule has 140 valence electrons. The fraction of sp³-hybridized carbons (Fsp3) is 0.600. The van der Waals surface area contributed by atoms with E-state index in [9.17, 15) is 0 Å². The van der Waals surface area contributed by atoms with Gasteiger partial charge in [0.25, 0.3) is 0 Å². The van der Waals surface area contributed by atoms with Crippen molar-refractivity contribution < 1.29 is 4.74 Å². The molecule has 2 aromatic heterocycles. The average Bonchev–Trinajstić information content (AvgIpc) is 2.96. The van der Waals surface area contributed by atoms with E-state index >= 15 is 0 Å². The van der Waals surface area contributed by atoms with E-state index in [4.69, 9.17) is 4.74 Å². The first-order valence-electron chi connectivity index (χ1n) is 9.59. The molecule has 4 heterocycles. The molecule has 0 aliphatic carbocycles. The molecule has 5 nitrogen and oxygen atoms in total. The van der Waals surface area contributed by atoms with Crippen molar-refractivity contribution in [1.82, 2.24) is 19.8 Å². The Balaban J connectivity index is 1.35. The van der Waals surface area contributed by atoms with Gasteiger partial charge in [0.1, 0.15) is 0 Å². The zero-order chi connectivity index (χ0) is 17.8. The molecule has 1 atom stereocenters. The monoisotopic (exact) mass is 372 g/mol. The van der Waals surface area contributed by atoms with Crippen LogP contribution in [0.1, 0.15) is 35.5 Å². The van der Waals surface area contributed by atoms with Crippen LogP contribution in [0.25, 0.3) is 0 Å². The van der Waals surface area contributed by atoms with Crippen molar-refractivity contribution in [1.29, 1.82) is 0 Å². The molecule has 0 saturated carbocycles. The van der Waals surface area contributed by atoms with Crippen molar-refractivity contribution in [2.75, 3.05) is 32.8 Å². The highest BCUT2D eigenvalue weighted by atomic mass is 32.1. The van der Waals surface area contributed by atoms with Gasteiger partial charge >= 0.3 is 0 Å². The van der Waals surface area contributed by atoms with Gasteiger partial charge in [-0.1, -0.05) is 6.07 Å². The van der Waals surface area contributed by atoms with Crippen molar-refractivity contribution >= 4 is 11.3 Å². The number of morpholine rings is 1. The van der Waals surface area contributed by atoms with E-state index < -0.39 is 0 Å². The first kappa shape index (κ1) is 18.0. The lowest BCUT2D eigenvalue weighted by molar-refractivity contribution is -0.118. The van der Waals surface area contributed by atoms with Gasteiger partial charge in [-0.15, -0.1) is 11.3 Å². The third-order valence-electron chi connectivity index (χ3n) is 5.50. The lowest BCUT2D eigenvalue weighted by Gasteiger charge is -2.42. The van der Waals surface area contributed by atoms with Crippen LogP contribution in [0.15, 0.2) is 29.9 Å². The second-order valence-corrected chi connectivity index (χ2v) is 8.65. The van der Waals surface area contributed by atoms with Crippen LogP contribution in [0, 0.1) is 6.92 Å². The first-order valence-corrected chi connectivity index (χ1v) is 10.5. The van der Waals surface area contributed by atoms with Crippen LogP contribution in [0.3, 0.4) is 0 Å². The summed E-state index contributed by atoms with van der Waals surface area (Å²) in [5.74, 6) is 0. The molecule has 0 unspecified atom stereocenters. The summed E-state index contributed by atoms with van der Waals surface area (Å²) in [4.78, 5) is 14.0. The number of aryl methyl sites for hydroxylation is 1. The number of ether oxygens (including phenoxy) is 1. The van der Waals surface area contributed by atoms with E-state index in [1.54, 1.807) is 11.3 Å². The Morgan fingerprint density at radius 3 is 2.96 bits per heavy atom. The van der Waals surface area contributed by atoms with E-state index in [2.05, 4.69) is 38.1 Å². The van der Waals surface area contributed by atoms with Crippen LogP contribution in [0.5, 0.6) is 0 Å². The third-order valence-corrected chi connectivity index (χ3v) is 6.32. The average molecular weight is 373 g/mol. The lowest BCUT2D eigenvalue weighted by Crippen LogP contribution is -2.51. The van der Waals surface area contributed by atoms with Crippen molar-refractivity contribution in [3.8, 4) is 0 Å². The maximum atomic E-state index is 6.36. The summed E-state index contributed by atoms with van der Waals surface area (Å²) < 4.78 is 6.36. The summed E-state index contributed by atoms with van der Waals surface area (Å²) in [6, 6.07) is 4.19. The number of hydrogen-bond acceptors (Lipinski definition) is 6. The molecule has 1 spiro atoms. The smallest absolute Gasteiger partial charge is 0.0897 e. The van der Waals surface area contributed by atoms with Gasteiger partial charge in [0, 0.05) is 50.5 Å². The quantitative estimate of drug-likeness (QED) is 0.825. The van der Waals surface area contributed by atoms with Crippen molar-refractivity contribution in [3.05, 3.63) is 46.2 Å². The fourth-order valence-corrected chi connectivity index (χ4v) is 4.81. The van der Waals surface area contributed by atoms with Gasteiger partial charge in [-0.25, -0.2) is 4.98 Å². The molecule has 26 heavy (non-hydrogen) atoms. The molecule has 0 aromatic carbocycles. The van der Waals surface area contributed by atoms with E-state index in [0.29, 0.717) is 0 Å². The number of rotatable bonds is 4. The summed E-state index contributed by atoms with van der Waals surface area (Å²) in [6.07, 6.45) is 7.29. The maximum absolute atomic E-state index is 6.36. The molecule has 0 amide bonds. The molecular formula is C20H28N4OS.